The van der Waals surface area contributed by atoms with Crippen molar-refractivity contribution in [1.29, 1.82) is 0 Å². The molecule has 0 fully saturated rings. The Morgan fingerprint density at radius 1 is 1.20 bits per heavy atom. The Morgan fingerprint density at radius 3 is 2.80 bits per heavy atom. The number of hydrogen-bond donors (Lipinski definition) is 0. The van der Waals surface area contributed by atoms with Gasteiger partial charge in [-0.05, 0) is 19.1 Å². The van der Waals surface area contributed by atoms with Crippen LogP contribution in [-0.4, -0.2) is 26.4 Å². The number of nitrogens with zero attached hydrogens (tertiary/aromatic N) is 4. The highest BCUT2D eigenvalue weighted by Crippen LogP contribution is 2.20. The van der Waals surface area contributed by atoms with E-state index >= 15 is 0 Å². The van der Waals surface area contributed by atoms with Crippen LogP contribution in [-0.2, 0) is 6.54 Å². The second-order valence-electron chi connectivity index (χ2n) is 4.26. The van der Waals surface area contributed by atoms with Gasteiger partial charge in [-0.2, -0.15) is 0 Å². The smallest absolute Gasteiger partial charge is 0.414 e. The third kappa shape index (κ3) is 2.69. The summed E-state index contributed by atoms with van der Waals surface area (Å²) in [6.07, 6.45) is 3.85. The molecule has 2 heterocycles. The zero-order chi connectivity index (χ0) is 13.8. The number of rotatable bonds is 5. The largest absolute Gasteiger partial charge is 0.447 e. The Kier molecular flexibility index (Phi) is 3.45. The van der Waals surface area contributed by atoms with Gasteiger partial charge in [0.1, 0.15) is 12.4 Å². The maximum Gasteiger partial charge on any atom is 0.414 e. The Balaban J connectivity index is 1.59. The molecule has 0 unspecified atom stereocenters. The molecule has 0 spiro atoms. The fraction of sp³-hybridized carbons (Fsp3) is 0.214. The van der Waals surface area contributed by atoms with Crippen LogP contribution >= 0.6 is 0 Å². The first kappa shape index (κ1) is 12.4. The summed E-state index contributed by atoms with van der Waals surface area (Å²) in [5.74, 6) is 1.41. The van der Waals surface area contributed by atoms with E-state index in [0.717, 1.165) is 11.4 Å². The van der Waals surface area contributed by atoms with Crippen LogP contribution in [0.5, 0.6) is 6.08 Å². The van der Waals surface area contributed by atoms with Crippen molar-refractivity contribution in [3.63, 3.8) is 0 Å². The number of hydrogen-bond acceptors (Lipinski definition) is 5. The maximum atomic E-state index is 5.45. The van der Waals surface area contributed by atoms with Gasteiger partial charge in [-0.1, -0.05) is 23.3 Å². The highest BCUT2D eigenvalue weighted by atomic mass is 16.6. The van der Waals surface area contributed by atoms with Crippen molar-refractivity contribution in [3.8, 4) is 17.5 Å². The SMILES string of the molecule is Cc1nccn1CCOc1nnc(-c2ccccc2)o1. The molecule has 0 bridgehead atoms. The van der Waals surface area contributed by atoms with Crippen molar-refractivity contribution in [2.24, 2.45) is 0 Å². The molecule has 3 rings (SSSR count). The van der Waals surface area contributed by atoms with Gasteiger partial charge in [-0.15, -0.1) is 5.10 Å². The summed E-state index contributed by atoms with van der Waals surface area (Å²) in [4.78, 5) is 4.14. The summed E-state index contributed by atoms with van der Waals surface area (Å²) in [5.41, 5.74) is 0.875. The van der Waals surface area contributed by atoms with E-state index in [9.17, 15) is 0 Å². The standard InChI is InChI=1S/C14H14N4O2/c1-11-15-7-8-18(11)9-10-19-14-17-16-13(20-14)12-5-3-2-4-6-12/h2-8H,9-10H2,1H3. The second-order valence-corrected chi connectivity index (χ2v) is 4.26. The molecule has 6 nitrogen and oxygen atoms in total. The molecule has 2 aromatic heterocycles. The minimum absolute atomic E-state index is 0.182. The predicted molar refractivity (Wildman–Crippen MR) is 72.2 cm³/mol. The van der Waals surface area contributed by atoms with Crippen LogP contribution in [0.3, 0.4) is 0 Å². The van der Waals surface area contributed by atoms with Crippen LogP contribution in [0.25, 0.3) is 11.5 Å². The molecule has 0 amide bonds. The van der Waals surface area contributed by atoms with E-state index in [2.05, 4.69) is 15.2 Å². The minimum Gasteiger partial charge on any atom is -0.447 e. The Hall–Kier alpha value is -2.63. The average molecular weight is 270 g/mol. The molecular formula is C14H14N4O2. The van der Waals surface area contributed by atoms with Crippen LogP contribution in [0, 0.1) is 6.92 Å². The monoisotopic (exact) mass is 270 g/mol. The Morgan fingerprint density at radius 2 is 2.05 bits per heavy atom. The quantitative estimate of drug-likeness (QED) is 0.711. The van der Waals surface area contributed by atoms with Crippen molar-refractivity contribution < 1.29 is 9.15 Å². The Bertz CT molecular complexity index is 675. The maximum absolute atomic E-state index is 5.45. The fourth-order valence-corrected chi connectivity index (χ4v) is 1.84. The van der Waals surface area contributed by atoms with E-state index in [4.69, 9.17) is 9.15 Å². The summed E-state index contributed by atoms with van der Waals surface area (Å²) < 4.78 is 12.9. The Labute approximate surface area is 116 Å². The molecule has 0 aliphatic rings. The van der Waals surface area contributed by atoms with Gasteiger partial charge in [0.2, 0.25) is 0 Å². The molecule has 0 saturated carbocycles. The van der Waals surface area contributed by atoms with E-state index in [1.807, 2.05) is 48.0 Å². The predicted octanol–water partition coefficient (Wildman–Crippen LogP) is 2.32. The van der Waals surface area contributed by atoms with Gasteiger partial charge in [0.05, 0.1) is 6.54 Å². The molecule has 0 aliphatic carbocycles. The molecule has 0 saturated heterocycles. The molecule has 20 heavy (non-hydrogen) atoms. The number of aryl methyl sites for hydroxylation is 1. The highest BCUT2D eigenvalue weighted by Gasteiger charge is 2.08. The zero-order valence-electron chi connectivity index (χ0n) is 11.1. The van der Waals surface area contributed by atoms with E-state index in [0.29, 0.717) is 19.0 Å². The van der Waals surface area contributed by atoms with Crippen LogP contribution in [0.1, 0.15) is 5.82 Å². The molecule has 1 aromatic carbocycles. The lowest BCUT2D eigenvalue weighted by atomic mass is 10.2. The third-order valence-electron chi connectivity index (χ3n) is 2.91. The lowest BCUT2D eigenvalue weighted by Gasteiger charge is -2.03. The topological polar surface area (TPSA) is 66.0 Å². The number of imidazole rings is 1. The lowest BCUT2D eigenvalue weighted by molar-refractivity contribution is 0.221. The van der Waals surface area contributed by atoms with Gasteiger partial charge in [0.25, 0.3) is 5.89 Å². The fourth-order valence-electron chi connectivity index (χ4n) is 1.84. The van der Waals surface area contributed by atoms with Crippen molar-refractivity contribution in [3.05, 3.63) is 48.5 Å². The summed E-state index contributed by atoms with van der Waals surface area (Å²) in [6.45, 7) is 3.09. The van der Waals surface area contributed by atoms with Crippen molar-refractivity contribution in [1.82, 2.24) is 19.7 Å². The van der Waals surface area contributed by atoms with Crippen LogP contribution in [0.15, 0.2) is 47.1 Å². The zero-order valence-corrected chi connectivity index (χ0v) is 11.1. The second kappa shape index (κ2) is 5.56. The van der Waals surface area contributed by atoms with Crippen molar-refractivity contribution in [2.75, 3.05) is 6.61 Å². The first-order valence-corrected chi connectivity index (χ1v) is 6.32. The number of benzene rings is 1. The highest BCUT2D eigenvalue weighted by molar-refractivity contribution is 5.51. The molecular weight excluding hydrogens is 256 g/mol. The van der Waals surface area contributed by atoms with Crippen molar-refractivity contribution >= 4 is 0 Å². The van der Waals surface area contributed by atoms with E-state index in [1.165, 1.54) is 0 Å². The van der Waals surface area contributed by atoms with E-state index in [-0.39, 0.29) is 6.08 Å². The summed E-state index contributed by atoms with van der Waals surface area (Å²) in [6, 6.07) is 9.59. The minimum atomic E-state index is 0.182. The first-order chi connectivity index (χ1) is 9.83. The van der Waals surface area contributed by atoms with Gasteiger partial charge >= 0.3 is 6.08 Å². The molecule has 3 aromatic rings. The summed E-state index contributed by atoms with van der Waals surface area (Å²) >= 11 is 0. The summed E-state index contributed by atoms with van der Waals surface area (Å²) in [5, 5.41) is 7.83. The molecule has 0 aliphatic heterocycles. The van der Waals surface area contributed by atoms with Crippen LogP contribution in [0.4, 0.5) is 0 Å². The van der Waals surface area contributed by atoms with E-state index in [1.54, 1.807) is 6.20 Å². The van der Waals surface area contributed by atoms with Crippen molar-refractivity contribution in [2.45, 2.75) is 13.5 Å². The van der Waals surface area contributed by atoms with Crippen LogP contribution in [0.2, 0.25) is 0 Å². The van der Waals surface area contributed by atoms with Gasteiger partial charge < -0.3 is 13.7 Å². The number of ether oxygens (including phenoxy) is 1. The average Bonchev–Trinajstić information content (AvgIpc) is 3.10. The molecule has 6 heteroatoms. The van der Waals surface area contributed by atoms with E-state index < -0.39 is 0 Å². The first-order valence-electron chi connectivity index (χ1n) is 6.32. The van der Waals surface area contributed by atoms with Gasteiger partial charge in [-0.3, -0.25) is 0 Å². The molecule has 0 atom stereocenters. The van der Waals surface area contributed by atoms with Gasteiger partial charge in [0.15, 0.2) is 0 Å². The molecule has 102 valence electrons. The summed E-state index contributed by atoms with van der Waals surface area (Å²) in [7, 11) is 0. The lowest BCUT2D eigenvalue weighted by Crippen LogP contribution is -2.08. The van der Waals surface area contributed by atoms with Gasteiger partial charge in [0, 0.05) is 18.0 Å². The van der Waals surface area contributed by atoms with Gasteiger partial charge in [-0.25, -0.2) is 4.98 Å². The van der Waals surface area contributed by atoms with Crippen LogP contribution < -0.4 is 4.74 Å². The third-order valence-corrected chi connectivity index (χ3v) is 2.91. The normalized spacial score (nSPS) is 10.7. The molecule has 0 radical (unpaired) electrons. The molecule has 0 N–H and O–H groups in total. The number of aromatic nitrogens is 4.